The fourth-order valence-corrected chi connectivity index (χ4v) is 28.0. The molecule has 0 aliphatic heterocycles. The van der Waals surface area contributed by atoms with Crippen molar-refractivity contribution in [2.24, 2.45) is 0 Å². The van der Waals surface area contributed by atoms with E-state index in [-0.39, 0.29) is 0 Å². The minimum absolute atomic E-state index is 1.15. The van der Waals surface area contributed by atoms with E-state index in [1.807, 2.05) is 0 Å². The van der Waals surface area contributed by atoms with Gasteiger partial charge in [0.05, 0.1) is 0 Å². The summed E-state index contributed by atoms with van der Waals surface area (Å²) >= 11 is -2.25. The molecule has 0 aromatic rings. The molecule has 2 heteroatoms. The van der Waals surface area contributed by atoms with Gasteiger partial charge < -0.3 is 0 Å². The number of thiol groups is 1. The van der Waals surface area contributed by atoms with E-state index in [0.717, 1.165) is 11.8 Å². The van der Waals surface area contributed by atoms with Crippen LogP contribution in [0.3, 0.4) is 0 Å². The predicted octanol–water partition coefficient (Wildman–Crippen LogP) is 6.86. The number of rotatable bonds is 3. The second kappa shape index (κ2) is 7.61. The molecule has 20 heavy (non-hydrogen) atoms. The average Bonchev–Trinajstić information content (AvgIpc) is 2.56. The maximum atomic E-state index is 5.76. The van der Waals surface area contributed by atoms with Crippen molar-refractivity contribution in [2.75, 3.05) is 0 Å². The van der Waals surface area contributed by atoms with Crippen molar-refractivity contribution in [3.8, 4) is 0 Å². The first-order chi connectivity index (χ1) is 9.82. The van der Waals surface area contributed by atoms with Crippen molar-refractivity contribution in [1.29, 1.82) is 0 Å². The summed E-state index contributed by atoms with van der Waals surface area (Å²) in [5.41, 5.74) is 0. The Hall–Kier alpha value is 1.15. The third-order valence-corrected chi connectivity index (χ3v) is 30.3. The van der Waals surface area contributed by atoms with E-state index in [4.69, 9.17) is 9.81 Å². The summed E-state index contributed by atoms with van der Waals surface area (Å²) in [6.07, 6.45) is 23.2. The molecule has 0 aromatic carbocycles. The van der Waals surface area contributed by atoms with Crippen LogP contribution in [0.5, 0.6) is 0 Å². The van der Waals surface area contributed by atoms with Gasteiger partial charge >= 0.3 is 135 Å². The maximum absolute atomic E-state index is 5.76. The van der Waals surface area contributed by atoms with E-state index < -0.39 is 17.0 Å². The van der Waals surface area contributed by atoms with Gasteiger partial charge in [-0.15, -0.1) is 0 Å². The van der Waals surface area contributed by atoms with Gasteiger partial charge in [-0.2, -0.15) is 0 Å². The molecule has 0 radical (unpaired) electrons. The standard InChI is InChI=1S/3C6H11.H2S.Sn/c3*1-2-4-6-5-3-1;;/h3*1H,2-6H2;1H2;/q;;;;+1/p-1. The second-order valence-electron chi connectivity index (χ2n) is 7.89. The zero-order valence-electron chi connectivity index (χ0n) is 13.3. The van der Waals surface area contributed by atoms with Gasteiger partial charge in [0.2, 0.25) is 0 Å². The van der Waals surface area contributed by atoms with Crippen molar-refractivity contribution in [3.05, 3.63) is 0 Å². The van der Waals surface area contributed by atoms with E-state index >= 15 is 0 Å². The Morgan fingerprint density at radius 2 is 0.700 bits per heavy atom. The summed E-state index contributed by atoms with van der Waals surface area (Å²) in [7, 11) is 5.76. The molecule has 3 saturated carbocycles. The molecule has 0 nitrogen and oxygen atoms in total. The quantitative estimate of drug-likeness (QED) is 0.388. The van der Waals surface area contributed by atoms with Gasteiger partial charge in [-0.25, -0.2) is 0 Å². The molecule has 0 amide bonds. The Kier molecular flexibility index (Phi) is 6.10. The average molecular weight is 401 g/mol. The first-order valence-corrected chi connectivity index (χ1v) is 18.8. The van der Waals surface area contributed by atoms with Crippen LogP contribution in [0.1, 0.15) is 96.3 Å². The molecule has 0 atom stereocenters. The first kappa shape index (κ1) is 16.0. The Bertz CT molecular complexity index is 240. The monoisotopic (exact) mass is 402 g/mol. The molecule has 3 fully saturated rings. The van der Waals surface area contributed by atoms with E-state index in [1.54, 1.807) is 38.5 Å². The molecule has 0 N–H and O–H groups in total. The van der Waals surface area contributed by atoms with Crippen LogP contribution in [0.25, 0.3) is 0 Å². The molecule has 3 aliphatic rings. The van der Waals surface area contributed by atoms with E-state index in [9.17, 15) is 0 Å². The van der Waals surface area contributed by atoms with Gasteiger partial charge in [-0.05, 0) is 0 Å². The van der Waals surface area contributed by atoms with Crippen molar-refractivity contribution in [3.63, 3.8) is 0 Å². The van der Waals surface area contributed by atoms with Gasteiger partial charge in [-0.1, -0.05) is 0 Å². The predicted molar refractivity (Wildman–Crippen MR) is 95.2 cm³/mol. The fraction of sp³-hybridized carbons (Fsp3) is 1.00. The van der Waals surface area contributed by atoms with Gasteiger partial charge in [0.15, 0.2) is 0 Å². The zero-order chi connectivity index (χ0) is 13.8. The van der Waals surface area contributed by atoms with Crippen LogP contribution in [-0.4, -0.2) is 17.0 Å². The molecular weight excluding hydrogens is 367 g/mol. The topological polar surface area (TPSA) is 0 Å². The van der Waals surface area contributed by atoms with Crippen molar-refractivity contribution in [2.45, 2.75) is 108 Å². The van der Waals surface area contributed by atoms with Crippen LogP contribution < -0.4 is 0 Å². The summed E-state index contributed by atoms with van der Waals surface area (Å²) in [6, 6.07) is 0. The van der Waals surface area contributed by atoms with E-state index in [0.29, 0.717) is 0 Å². The van der Waals surface area contributed by atoms with Crippen LogP contribution in [-0.2, 0) is 0 Å². The molecule has 3 rings (SSSR count). The molecule has 0 heterocycles. The van der Waals surface area contributed by atoms with E-state index in [1.165, 1.54) is 57.8 Å². The molecule has 0 spiro atoms. The van der Waals surface area contributed by atoms with Gasteiger partial charge in [0, 0.05) is 0 Å². The van der Waals surface area contributed by atoms with Crippen molar-refractivity contribution >= 4 is 26.8 Å². The van der Waals surface area contributed by atoms with Crippen molar-refractivity contribution in [1.82, 2.24) is 0 Å². The summed E-state index contributed by atoms with van der Waals surface area (Å²) in [4.78, 5) is 0. The van der Waals surface area contributed by atoms with E-state index in [2.05, 4.69) is 0 Å². The first-order valence-electron chi connectivity index (χ1n) is 9.54. The summed E-state index contributed by atoms with van der Waals surface area (Å²) < 4.78 is 3.44. The normalized spacial score (nSPS) is 28.6. The molecule has 3 aliphatic carbocycles. The SMILES string of the molecule is [SH][Sn]([CH]1CCCCC1)([CH]1CCCCC1)[CH]1CCCCC1. The Morgan fingerprint density at radius 3 is 0.950 bits per heavy atom. The molecular formula is C18H34SSn. The minimum atomic E-state index is -2.25. The summed E-state index contributed by atoms with van der Waals surface area (Å²) in [6.45, 7) is 0. The van der Waals surface area contributed by atoms with Crippen LogP contribution in [0.15, 0.2) is 0 Å². The van der Waals surface area contributed by atoms with Crippen LogP contribution in [0.2, 0.25) is 11.8 Å². The Labute approximate surface area is 134 Å². The molecule has 0 aromatic heterocycles. The molecule has 0 bridgehead atoms. The zero-order valence-corrected chi connectivity index (χ0v) is 17.0. The fourth-order valence-electron chi connectivity index (χ4n) is 5.70. The van der Waals surface area contributed by atoms with Crippen LogP contribution >= 0.6 is 9.81 Å². The van der Waals surface area contributed by atoms with Gasteiger partial charge in [-0.3, -0.25) is 0 Å². The summed E-state index contributed by atoms with van der Waals surface area (Å²) in [5, 5.41) is 0. The van der Waals surface area contributed by atoms with Crippen LogP contribution in [0, 0.1) is 0 Å². The third kappa shape index (κ3) is 3.39. The summed E-state index contributed by atoms with van der Waals surface area (Å²) in [5.74, 6) is 0. The number of hydrogen-bond acceptors (Lipinski definition) is 1. The van der Waals surface area contributed by atoms with Gasteiger partial charge in [0.25, 0.3) is 0 Å². The van der Waals surface area contributed by atoms with Gasteiger partial charge in [0.1, 0.15) is 0 Å². The Morgan fingerprint density at radius 1 is 0.450 bits per heavy atom. The second-order valence-corrected chi connectivity index (χ2v) is 25.1. The Balaban J connectivity index is 1.79. The molecule has 0 saturated heterocycles. The molecule has 116 valence electrons. The van der Waals surface area contributed by atoms with Crippen LogP contribution in [0.4, 0.5) is 0 Å². The molecule has 0 unspecified atom stereocenters. The third-order valence-electron chi connectivity index (χ3n) is 6.78. The number of hydrogen-bond donors (Lipinski definition) is 1. The van der Waals surface area contributed by atoms with Crippen molar-refractivity contribution < 1.29 is 0 Å².